The van der Waals surface area contributed by atoms with Crippen LogP contribution in [0.2, 0.25) is 0 Å². The predicted octanol–water partition coefficient (Wildman–Crippen LogP) is 1.26. The van der Waals surface area contributed by atoms with E-state index in [1.807, 2.05) is 20.8 Å². The lowest BCUT2D eigenvalue weighted by molar-refractivity contribution is -0.142. The second kappa shape index (κ2) is 7.27. The first kappa shape index (κ1) is 15.9. The monoisotopic (exact) mass is 244 g/mol. The minimum atomic E-state index is -0.973. The Balaban J connectivity index is 4.08. The Hall–Kier alpha value is -1.10. The Morgan fingerprint density at radius 3 is 2.41 bits per heavy atom. The molecule has 0 saturated heterocycles. The molecule has 1 amide bonds. The van der Waals surface area contributed by atoms with Crippen molar-refractivity contribution in [2.75, 3.05) is 0 Å². The van der Waals surface area contributed by atoms with E-state index in [4.69, 9.17) is 10.8 Å². The topological polar surface area (TPSA) is 92.4 Å². The molecule has 0 rings (SSSR count). The number of aliphatic carboxylic acids is 1. The molecule has 0 fully saturated rings. The zero-order valence-electron chi connectivity index (χ0n) is 11.0. The van der Waals surface area contributed by atoms with Gasteiger partial charge < -0.3 is 16.2 Å². The van der Waals surface area contributed by atoms with Crippen molar-refractivity contribution < 1.29 is 14.7 Å². The van der Waals surface area contributed by atoms with Crippen LogP contribution in [0.5, 0.6) is 0 Å². The number of carboxylic acids is 1. The first-order valence-corrected chi connectivity index (χ1v) is 6.07. The fourth-order valence-electron chi connectivity index (χ4n) is 1.37. The molecule has 1 atom stereocenters. The van der Waals surface area contributed by atoms with Crippen molar-refractivity contribution in [3.8, 4) is 0 Å². The van der Waals surface area contributed by atoms with Crippen LogP contribution in [0.15, 0.2) is 0 Å². The SMILES string of the molecule is CCCCC(NC(=O)CCC(C)(C)N)C(=O)O. The Bertz CT molecular complexity index is 259. The van der Waals surface area contributed by atoms with E-state index in [-0.39, 0.29) is 12.3 Å². The average molecular weight is 244 g/mol. The van der Waals surface area contributed by atoms with Gasteiger partial charge >= 0.3 is 5.97 Å². The van der Waals surface area contributed by atoms with Gasteiger partial charge in [-0.3, -0.25) is 4.79 Å². The molecule has 0 heterocycles. The molecule has 0 radical (unpaired) electrons. The average Bonchev–Trinajstić information content (AvgIpc) is 2.19. The fraction of sp³-hybridized carbons (Fsp3) is 0.833. The summed E-state index contributed by atoms with van der Waals surface area (Å²) in [6.07, 6.45) is 2.98. The molecule has 5 heteroatoms. The van der Waals surface area contributed by atoms with Crippen LogP contribution in [0.4, 0.5) is 0 Å². The number of nitrogens with two attached hydrogens (primary N) is 1. The van der Waals surface area contributed by atoms with Crippen LogP contribution < -0.4 is 11.1 Å². The maximum Gasteiger partial charge on any atom is 0.326 e. The highest BCUT2D eigenvalue weighted by Crippen LogP contribution is 2.07. The lowest BCUT2D eigenvalue weighted by Gasteiger charge is -2.19. The van der Waals surface area contributed by atoms with Crippen LogP contribution in [-0.2, 0) is 9.59 Å². The van der Waals surface area contributed by atoms with E-state index in [0.29, 0.717) is 12.8 Å². The summed E-state index contributed by atoms with van der Waals surface area (Å²) in [6, 6.07) is -0.775. The van der Waals surface area contributed by atoms with Gasteiger partial charge in [0.25, 0.3) is 0 Å². The normalized spacial score (nSPS) is 13.2. The van der Waals surface area contributed by atoms with Gasteiger partial charge in [-0.2, -0.15) is 0 Å². The Kier molecular flexibility index (Phi) is 6.80. The van der Waals surface area contributed by atoms with Crippen LogP contribution in [0, 0.1) is 0 Å². The molecule has 1 unspecified atom stereocenters. The zero-order chi connectivity index (χ0) is 13.5. The number of unbranched alkanes of at least 4 members (excludes halogenated alkanes) is 1. The number of carbonyl (C=O) groups excluding carboxylic acids is 1. The van der Waals surface area contributed by atoms with Crippen molar-refractivity contribution in [2.24, 2.45) is 5.73 Å². The standard InChI is InChI=1S/C12H24N2O3/c1-4-5-6-9(11(16)17)14-10(15)7-8-12(2,3)13/h9H,4-8,13H2,1-3H3,(H,14,15)(H,16,17). The Morgan fingerprint density at radius 2 is 2.00 bits per heavy atom. The highest BCUT2D eigenvalue weighted by atomic mass is 16.4. The largest absolute Gasteiger partial charge is 0.480 e. The molecule has 0 aliphatic heterocycles. The number of hydrogen-bond donors (Lipinski definition) is 3. The number of amides is 1. The summed E-state index contributed by atoms with van der Waals surface area (Å²) in [6.45, 7) is 5.66. The first-order chi connectivity index (χ1) is 7.76. The zero-order valence-corrected chi connectivity index (χ0v) is 11.0. The Labute approximate surface area is 103 Å². The van der Waals surface area contributed by atoms with Gasteiger partial charge in [-0.1, -0.05) is 19.8 Å². The maximum atomic E-state index is 11.5. The molecule has 4 N–H and O–H groups in total. The van der Waals surface area contributed by atoms with Crippen molar-refractivity contribution in [1.29, 1.82) is 0 Å². The second-order valence-corrected chi connectivity index (χ2v) is 5.09. The maximum absolute atomic E-state index is 11.5. The van der Waals surface area contributed by atoms with Gasteiger partial charge in [0.2, 0.25) is 5.91 Å². The van der Waals surface area contributed by atoms with Crippen molar-refractivity contribution in [3.05, 3.63) is 0 Å². The van der Waals surface area contributed by atoms with Gasteiger partial charge in [0.05, 0.1) is 0 Å². The van der Waals surface area contributed by atoms with Crippen LogP contribution in [0.3, 0.4) is 0 Å². The molecular formula is C12H24N2O3. The summed E-state index contributed by atoms with van der Waals surface area (Å²) in [5.41, 5.74) is 5.35. The van der Waals surface area contributed by atoms with Crippen LogP contribution >= 0.6 is 0 Å². The molecule has 0 spiro atoms. The molecule has 100 valence electrons. The van der Waals surface area contributed by atoms with Crippen molar-refractivity contribution >= 4 is 11.9 Å². The molecule has 5 nitrogen and oxygen atoms in total. The number of hydrogen-bond acceptors (Lipinski definition) is 3. The smallest absolute Gasteiger partial charge is 0.326 e. The summed E-state index contributed by atoms with van der Waals surface area (Å²) in [7, 11) is 0. The Morgan fingerprint density at radius 1 is 1.41 bits per heavy atom. The molecule has 0 aromatic heterocycles. The van der Waals surface area contributed by atoms with Crippen LogP contribution in [0.25, 0.3) is 0 Å². The lowest BCUT2D eigenvalue weighted by atomic mass is 9.99. The van der Waals surface area contributed by atoms with E-state index in [0.717, 1.165) is 12.8 Å². The molecule has 0 aliphatic rings. The molecule has 17 heavy (non-hydrogen) atoms. The van der Waals surface area contributed by atoms with Crippen molar-refractivity contribution in [2.45, 2.75) is 64.5 Å². The molecule has 0 aromatic carbocycles. The van der Waals surface area contributed by atoms with Crippen molar-refractivity contribution in [3.63, 3.8) is 0 Å². The van der Waals surface area contributed by atoms with E-state index < -0.39 is 17.6 Å². The van der Waals surface area contributed by atoms with Gasteiger partial charge in [0.1, 0.15) is 6.04 Å². The molecular weight excluding hydrogens is 220 g/mol. The first-order valence-electron chi connectivity index (χ1n) is 6.07. The van der Waals surface area contributed by atoms with Gasteiger partial charge in [-0.25, -0.2) is 4.79 Å². The lowest BCUT2D eigenvalue weighted by Crippen LogP contribution is -2.42. The summed E-state index contributed by atoms with van der Waals surface area (Å²) in [5.74, 6) is -1.22. The highest BCUT2D eigenvalue weighted by Gasteiger charge is 2.20. The van der Waals surface area contributed by atoms with E-state index >= 15 is 0 Å². The minimum Gasteiger partial charge on any atom is -0.480 e. The second-order valence-electron chi connectivity index (χ2n) is 5.09. The van der Waals surface area contributed by atoms with E-state index in [1.165, 1.54) is 0 Å². The van der Waals surface area contributed by atoms with Gasteiger partial charge in [-0.05, 0) is 26.7 Å². The molecule has 0 bridgehead atoms. The summed E-state index contributed by atoms with van der Waals surface area (Å²) < 4.78 is 0. The number of carboxylic acid groups (broad SMARTS) is 1. The fourth-order valence-corrected chi connectivity index (χ4v) is 1.37. The van der Waals surface area contributed by atoms with Gasteiger partial charge in [0, 0.05) is 12.0 Å². The third kappa shape index (κ3) is 8.68. The summed E-state index contributed by atoms with van der Waals surface area (Å²) >= 11 is 0. The number of rotatable bonds is 8. The van der Waals surface area contributed by atoms with E-state index in [1.54, 1.807) is 0 Å². The van der Waals surface area contributed by atoms with Crippen molar-refractivity contribution in [1.82, 2.24) is 5.32 Å². The molecule has 0 saturated carbocycles. The van der Waals surface area contributed by atoms with E-state index in [2.05, 4.69) is 5.32 Å². The van der Waals surface area contributed by atoms with E-state index in [9.17, 15) is 9.59 Å². The number of carbonyl (C=O) groups is 2. The van der Waals surface area contributed by atoms with Gasteiger partial charge in [0.15, 0.2) is 0 Å². The quantitative estimate of drug-likeness (QED) is 0.599. The van der Waals surface area contributed by atoms with Crippen LogP contribution in [0.1, 0.15) is 52.9 Å². The highest BCUT2D eigenvalue weighted by molar-refractivity contribution is 5.83. The van der Waals surface area contributed by atoms with Gasteiger partial charge in [-0.15, -0.1) is 0 Å². The number of nitrogens with one attached hydrogen (secondary N) is 1. The predicted molar refractivity (Wildman–Crippen MR) is 66.6 cm³/mol. The third-order valence-electron chi connectivity index (χ3n) is 2.48. The minimum absolute atomic E-state index is 0.243. The summed E-state index contributed by atoms with van der Waals surface area (Å²) in [5, 5.41) is 11.5. The molecule has 0 aliphatic carbocycles. The third-order valence-corrected chi connectivity index (χ3v) is 2.48. The molecule has 0 aromatic rings. The van der Waals surface area contributed by atoms with Crippen LogP contribution in [-0.4, -0.2) is 28.6 Å². The summed E-state index contributed by atoms with van der Waals surface area (Å²) in [4.78, 5) is 22.4.